The van der Waals surface area contributed by atoms with Crippen molar-refractivity contribution in [2.75, 3.05) is 0 Å². The lowest BCUT2D eigenvalue weighted by atomic mass is 9.87. The second-order valence-electron chi connectivity index (χ2n) is 5.40. The Bertz CT molecular complexity index is 608. The molecule has 1 heterocycles. The smallest absolute Gasteiger partial charge is 0.328 e. The molecule has 0 aromatic carbocycles. The Labute approximate surface area is 124 Å². The van der Waals surface area contributed by atoms with Crippen LogP contribution in [0.2, 0.25) is 0 Å². The summed E-state index contributed by atoms with van der Waals surface area (Å²) < 4.78 is 1.42. The first-order chi connectivity index (χ1) is 9.45. The number of nitrogens with zero attached hydrogens (tertiary/aromatic N) is 1. The first-order valence-corrected chi connectivity index (χ1v) is 7.53. The number of H-pyrrole nitrogens is 1. The Morgan fingerprint density at radius 1 is 1.50 bits per heavy atom. The number of aromatic nitrogens is 2. The van der Waals surface area contributed by atoms with Crippen molar-refractivity contribution in [3.63, 3.8) is 0 Å². The average Bonchev–Trinajstić information content (AvgIpc) is 2.36. The number of nitrogens with one attached hydrogen (secondary N) is 2. The van der Waals surface area contributed by atoms with Gasteiger partial charge in [-0.1, -0.05) is 19.8 Å². The highest BCUT2D eigenvalue weighted by atomic mass is 79.9. The van der Waals surface area contributed by atoms with Gasteiger partial charge in [-0.25, -0.2) is 4.79 Å². The predicted octanol–water partition coefficient (Wildman–Crippen LogP) is 0.994. The van der Waals surface area contributed by atoms with Gasteiger partial charge in [0.15, 0.2) is 0 Å². The van der Waals surface area contributed by atoms with E-state index in [1.807, 2.05) is 0 Å². The highest BCUT2D eigenvalue weighted by molar-refractivity contribution is 9.10. The second kappa shape index (κ2) is 6.39. The summed E-state index contributed by atoms with van der Waals surface area (Å²) in [5, 5.41) is 2.95. The molecule has 0 radical (unpaired) electrons. The van der Waals surface area contributed by atoms with Crippen molar-refractivity contribution in [3.05, 3.63) is 31.5 Å². The van der Waals surface area contributed by atoms with Crippen LogP contribution in [0, 0.1) is 5.92 Å². The summed E-state index contributed by atoms with van der Waals surface area (Å²) in [6.07, 6.45) is 5.63. The van der Waals surface area contributed by atoms with E-state index in [1.54, 1.807) is 0 Å². The molecule has 20 heavy (non-hydrogen) atoms. The van der Waals surface area contributed by atoms with Crippen molar-refractivity contribution in [1.82, 2.24) is 14.9 Å². The van der Waals surface area contributed by atoms with Crippen LogP contribution >= 0.6 is 15.9 Å². The lowest BCUT2D eigenvalue weighted by molar-refractivity contribution is -0.122. The summed E-state index contributed by atoms with van der Waals surface area (Å²) in [4.78, 5) is 36.9. The van der Waals surface area contributed by atoms with E-state index in [0.717, 1.165) is 19.3 Å². The zero-order chi connectivity index (χ0) is 14.7. The van der Waals surface area contributed by atoms with Crippen molar-refractivity contribution in [2.45, 2.75) is 45.2 Å². The minimum Gasteiger partial charge on any atom is -0.352 e. The van der Waals surface area contributed by atoms with Gasteiger partial charge in [0.1, 0.15) is 6.54 Å². The van der Waals surface area contributed by atoms with Crippen LogP contribution in [0.1, 0.15) is 32.6 Å². The van der Waals surface area contributed by atoms with E-state index >= 15 is 0 Å². The Morgan fingerprint density at radius 3 is 2.95 bits per heavy atom. The van der Waals surface area contributed by atoms with Gasteiger partial charge in [0.25, 0.3) is 5.56 Å². The molecule has 0 bridgehead atoms. The molecule has 1 aromatic heterocycles. The van der Waals surface area contributed by atoms with E-state index < -0.39 is 11.2 Å². The molecule has 2 atom stereocenters. The summed E-state index contributed by atoms with van der Waals surface area (Å²) in [6, 6.07) is 0.188. The minimum absolute atomic E-state index is 0.0842. The Kier molecular flexibility index (Phi) is 4.80. The van der Waals surface area contributed by atoms with E-state index in [2.05, 4.69) is 33.2 Å². The van der Waals surface area contributed by atoms with Gasteiger partial charge < -0.3 is 5.32 Å². The van der Waals surface area contributed by atoms with E-state index in [-0.39, 0.29) is 23.0 Å². The predicted molar refractivity (Wildman–Crippen MR) is 78.6 cm³/mol. The van der Waals surface area contributed by atoms with Gasteiger partial charge in [0.2, 0.25) is 5.91 Å². The quantitative estimate of drug-likeness (QED) is 0.858. The molecule has 0 unspecified atom stereocenters. The van der Waals surface area contributed by atoms with Crippen molar-refractivity contribution >= 4 is 21.8 Å². The first-order valence-electron chi connectivity index (χ1n) is 6.74. The number of carbonyl (C=O) groups excluding carboxylic acids is 1. The van der Waals surface area contributed by atoms with Gasteiger partial charge in [0.05, 0.1) is 4.47 Å². The first kappa shape index (κ1) is 15.0. The maximum absolute atomic E-state index is 12.0. The van der Waals surface area contributed by atoms with Crippen LogP contribution in [0.3, 0.4) is 0 Å². The Balaban J connectivity index is 1.99. The summed E-state index contributed by atoms with van der Waals surface area (Å²) in [7, 11) is 0. The normalized spacial score (nSPS) is 22.5. The topological polar surface area (TPSA) is 84.0 Å². The largest absolute Gasteiger partial charge is 0.352 e. The van der Waals surface area contributed by atoms with Gasteiger partial charge >= 0.3 is 5.69 Å². The molecule has 2 rings (SSSR count). The van der Waals surface area contributed by atoms with Crippen LogP contribution in [-0.2, 0) is 11.3 Å². The van der Waals surface area contributed by atoms with Crippen LogP contribution < -0.4 is 16.6 Å². The summed E-state index contributed by atoms with van der Waals surface area (Å²) in [5.74, 6) is 0.421. The van der Waals surface area contributed by atoms with Crippen LogP contribution in [0.4, 0.5) is 0 Å². The maximum Gasteiger partial charge on any atom is 0.328 e. The molecule has 1 aliphatic rings. The fourth-order valence-electron chi connectivity index (χ4n) is 2.59. The number of hydrogen-bond donors (Lipinski definition) is 2. The van der Waals surface area contributed by atoms with E-state index in [4.69, 9.17) is 0 Å². The third kappa shape index (κ3) is 3.82. The number of halogens is 1. The highest BCUT2D eigenvalue weighted by Gasteiger charge is 2.20. The lowest BCUT2D eigenvalue weighted by Crippen LogP contribution is -2.42. The van der Waals surface area contributed by atoms with Crippen molar-refractivity contribution in [2.24, 2.45) is 5.92 Å². The molecule has 1 aliphatic carbocycles. The summed E-state index contributed by atoms with van der Waals surface area (Å²) in [6.45, 7) is 2.10. The van der Waals surface area contributed by atoms with Gasteiger partial charge in [0, 0.05) is 12.2 Å². The number of amides is 1. The number of hydrogen-bond acceptors (Lipinski definition) is 3. The zero-order valence-corrected chi connectivity index (χ0v) is 12.9. The fourth-order valence-corrected chi connectivity index (χ4v) is 2.94. The highest BCUT2D eigenvalue weighted by Crippen LogP contribution is 2.23. The zero-order valence-electron chi connectivity index (χ0n) is 11.3. The van der Waals surface area contributed by atoms with E-state index in [0.29, 0.717) is 5.92 Å². The van der Waals surface area contributed by atoms with E-state index in [1.165, 1.54) is 17.2 Å². The SMILES string of the molecule is C[C@H]1CCC[C@H](NC(=O)Cn2cc(Br)c(=O)[nH]c2=O)C1. The average molecular weight is 344 g/mol. The fraction of sp³-hybridized carbons (Fsp3) is 0.615. The second-order valence-corrected chi connectivity index (χ2v) is 6.25. The third-order valence-electron chi connectivity index (χ3n) is 3.58. The monoisotopic (exact) mass is 343 g/mol. The van der Waals surface area contributed by atoms with Gasteiger partial charge in [-0.15, -0.1) is 0 Å². The van der Waals surface area contributed by atoms with Gasteiger partial charge in [-0.05, 0) is 34.7 Å². The molecule has 0 aliphatic heterocycles. The molecule has 6 nitrogen and oxygen atoms in total. The molecule has 1 amide bonds. The van der Waals surface area contributed by atoms with Crippen LogP contribution in [0.25, 0.3) is 0 Å². The molecule has 1 fully saturated rings. The standard InChI is InChI=1S/C13H18BrN3O3/c1-8-3-2-4-9(5-8)15-11(18)7-17-6-10(14)12(19)16-13(17)20/h6,8-9H,2-5,7H2,1H3,(H,15,18)(H,16,19,20)/t8-,9-/m0/s1. The summed E-state index contributed by atoms with van der Waals surface area (Å²) >= 11 is 3.04. The van der Waals surface area contributed by atoms with Crippen LogP contribution in [0.15, 0.2) is 20.3 Å². The molecule has 1 aromatic rings. The van der Waals surface area contributed by atoms with E-state index in [9.17, 15) is 14.4 Å². The minimum atomic E-state index is -0.578. The lowest BCUT2D eigenvalue weighted by Gasteiger charge is -2.27. The summed E-state index contributed by atoms with van der Waals surface area (Å²) in [5.41, 5.74) is -1.07. The Hall–Kier alpha value is -1.37. The van der Waals surface area contributed by atoms with Crippen molar-refractivity contribution < 1.29 is 4.79 Å². The molecular formula is C13H18BrN3O3. The molecular weight excluding hydrogens is 326 g/mol. The van der Waals surface area contributed by atoms with Crippen molar-refractivity contribution in [3.8, 4) is 0 Å². The molecule has 0 saturated heterocycles. The molecule has 1 saturated carbocycles. The van der Waals surface area contributed by atoms with Crippen molar-refractivity contribution in [1.29, 1.82) is 0 Å². The molecule has 110 valence electrons. The maximum atomic E-state index is 12.0. The molecule has 2 N–H and O–H groups in total. The third-order valence-corrected chi connectivity index (χ3v) is 4.15. The van der Waals surface area contributed by atoms with Gasteiger partial charge in [-0.3, -0.25) is 19.1 Å². The number of carbonyl (C=O) groups is 1. The number of aromatic amines is 1. The molecule has 0 spiro atoms. The molecule has 7 heteroatoms. The van der Waals surface area contributed by atoms with Crippen LogP contribution in [-0.4, -0.2) is 21.5 Å². The number of rotatable bonds is 3. The van der Waals surface area contributed by atoms with Gasteiger partial charge in [-0.2, -0.15) is 0 Å². The Morgan fingerprint density at radius 2 is 2.25 bits per heavy atom. The van der Waals surface area contributed by atoms with Crippen LogP contribution in [0.5, 0.6) is 0 Å².